The second-order valence-corrected chi connectivity index (χ2v) is 8.85. The van der Waals surface area contributed by atoms with Crippen molar-refractivity contribution in [2.75, 3.05) is 4.90 Å². The Balaban J connectivity index is 1.75. The first-order valence-corrected chi connectivity index (χ1v) is 11.3. The Bertz CT molecular complexity index is 1410. The second kappa shape index (κ2) is 10.1. The predicted octanol–water partition coefficient (Wildman–Crippen LogP) is 6.34. The van der Waals surface area contributed by atoms with Crippen molar-refractivity contribution in [3.8, 4) is 5.75 Å². The maximum atomic E-state index is 14.0. The molecule has 178 valence electrons. The van der Waals surface area contributed by atoms with E-state index < -0.39 is 23.7 Å². The molecule has 1 fully saturated rings. The van der Waals surface area contributed by atoms with E-state index in [1.54, 1.807) is 37.3 Å². The normalized spacial score (nSPS) is 14.9. The number of nitrogens with zero attached hydrogens (tertiary/aromatic N) is 1. The molecule has 1 aliphatic heterocycles. The number of hydrogen-bond acceptors (Lipinski definition) is 4. The first-order valence-electron chi connectivity index (χ1n) is 10.2. The average molecular weight is 534 g/mol. The molecular formula is C25H16Cl3FN2O4. The van der Waals surface area contributed by atoms with E-state index in [2.05, 4.69) is 5.32 Å². The Hall–Kier alpha value is -3.39. The number of urea groups is 1. The monoisotopic (exact) mass is 532 g/mol. The number of barbiturate groups is 1. The Morgan fingerprint density at radius 1 is 1.00 bits per heavy atom. The number of carbonyl (C=O) groups is 3. The quantitative estimate of drug-likeness (QED) is 0.307. The molecule has 3 aromatic rings. The van der Waals surface area contributed by atoms with Crippen LogP contribution in [0.3, 0.4) is 0 Å². The number of ether oxygens (including phenoxy) is 1. The van der Waals surface area contributed by atoms with Crippen molar-refractivity contribution in [2.24, 2.45) is 0 Å². The van der Waals surface area contributed by atoms with Crippen LogP contribution < -0.4 is 15.0 Å². The lowest BCUT2D eigenvalue weighted by Crippen LogP contribution is -2.54. The number of benzene rings is 3. The van der Waals surface area contributed by atoms with Gasteiger partial charge >= 0.3 is 6.03 Å². The molecule has 6 nitrogen and oxygen atoms in total. The number of hydrogen-bond donors (Lipinski definition) is 1. The van der Waals surface area contributed by atoms with Gasteiger partial charge in [-0.2, -0.15) is 0 Å². The number of imide groups is 2. The molecule has 0 unspecified atom stereocenters. The van der Waals surface area contributed by atoms with Crippen molar-refractivity contribution in [1.82, 2.24) is 5.32 Å². The van der Waals surface area contributed by atoms with Gasteiger partial charge in [0.1, 0.15) is 23.7 Å². The molecule has 0 aliphatic carbocycles. The highest BCUT2D eigenvalue weighted by atomic mass is 35.5. The van der Waals surface area contributed by atoms with E-state index in [0.717, 1.165) is 4.90 Å². The van der Waals surface area contributed by atoms with Gasteiger partial charge in [-0.1, -0.05) is 59.1 Å². The van der Waals surface area contributed by atoms with Crippen molar-refractivity contribution >= 4 is 64.4 Å². The second-order valence-electron chi connectivity index (χ2n) is 7.57. The molecule has 0 saturated carbocycles. The molecule has 10 heteroatoms. The highest BCUT2D eigenvalue weighted by molar-refractivity contribution is 6.40. The molecule has 1 N–H and O–H groups in total. The van der Waals surface area contributed by atoms with Gasteiger partial charge in [0.25, 0.3) is 11.8 Å². The number of rotatable bonds is 5. The lowest BCUT2D eigenvalue weighted by molar-refractivity contribution is -0.122. The maximum absolute atomic E-state index is 14.0. The van der Waals surface area contributed by atoms with Gasteiger partial charge < -0.3 is 4.74 Å². The summed E-state index contributed by atoms with van der Waals surface area (Å²) in [6.45, 7) is 1.52. The van der Waals surface area contributed by atoms with E-state index in [1.807, 2.05) is 0 Å². The highest BCUT2D eigenvalue weighted by Crippen LogP contribution is 2.36. The molecule has 1 heterocycles. The van der Waals surface area contributed by atoms with Crippen molar-refractivity contribution in [3.05, 3.63) is 97.7 Å². The van der Waals surface area contributed by atoms with Gasteiger partial charge in [-0.15, -0.1) is 0 Å². The SMILES string of the molecule is Cc1ccc(Cl)cc1N1C(=O)NC(=O)/C(=C\c2cc(Cl)cc(Cl)c2OCc2ccccc2F)C1=O. The molecule has 35 heavy (non-hydrogen) atoms. The predicted molar refractivity (Wildman–Crippen MR) is 132 cm³/mol. The average Bonchev–Trinajstić information content (AvgIpc) is 2.79. The molecule has 1 saturated heterocycles. The Labute approximate surface area is 214 Å². The van der Waals surface area contributed by atoms with Gasteiger partial charge in [0.15, 0.2) is 0 Å². The van der Waals surface area contributed by atoms with Crippen molar-refractivity contribution in [1.29, 1.82) is 0 Å². The maximum Gasteiger partial charge on any atom is 0.335 e. The third kappa shape index (κ3) is 5.17. The Morgan fingerprint density at radius 3 is 2.49 bits per heavy atom. The summed E-state index contributed by atoms with van der Waals surface area (Å²) < 4.78 is 19.8. The van der Waals surface area contributed by atoms with Crippen LogP contribution in [-0.2, 0) is 16.2 Å². The molecule has 4 rings (SSSR count). The molecule has 0 atom stereocenters. The number of aryl methyl sites for hydroxylation is 1. The minimum atomic E-state index is -0.914. The van der Waals surface area contributed by atoms with Crippen LogP contribution in [0, 0.1) is 12.7 Å². The molecular weight excluding hydrogens is 518 g/mol. The van der Waals surface area contributed by atoms with Crippen molar-refractivity contribution < 1.29 is 23.5 Å². The highest BCUT2D eigenvalue weighted by Gasteiger charge is 2.37. The summed E-state index contributed by atoms with van der Waals surface area (Å²) in [6.07, 6.45) is 1.21. The van der Waals surface area contributed by atoms with Crippen molar-refractivity contribution in [3.63, 3.8) is 0 Å². The van der Waals surface area contributed by atoms with Crippen molar-refractivity contribution in [2.45, 2.75) is 13.5 Å². The summed E-state index contributed by atoms with van der Waals surface area (Å²) >= 11 is 18.5. The molecule has 0 radical (unpaired) electrons. The Kier molecular flexibility index (Phi) is 7.12. The fourth-order valence-corrected chi connectivity index (χ4v) is 4.19. The van der Waals surface area contributed by atoms with E-state index in [9.17, 15) is 18.8 Å². The summed E-state index contributed by atoms with van der Waals surface area (Å²) in [7, 11) is 0. The fraction of sp³-hybridized carbons (Fsp3) is 0.0800. The first kappa shape index (κ1) is 24.7. The lowest BCUT2D eigenvalue weighted by atomic mass is 10.0. The van der Waals surface area contributed by atoms with E-state index in [1.165, 1.54) is 30.3 Å². The van der Waals surface area contributed by atoms with Crippen LogP contribution in [0.15, 0.2) is 60.2 Å². The minimum Gasteiger partial charge on any atom is -0.487 e. The smallest absolute Gasteiger partial charge is 0.335 e. The zero-order chi connectivity index (χ0) is 25.3. The lowest BCUT2D eigenvalue weighted by Gasteiger charge is -2.27. The van der Waals surface area contributed by atoms with Crippen LogP contribution in [0.5, 0.6) is 5.75 Å². The van der Waals surface area contributed by atoms with Gasteiger partial charge in [-0.05, 0) is 48.9 Å². The van der Waals surface area contributed by atoms with Crippen LogP contribution in [0.2, 0.25) is 15.1 Å². The van der Waals surface area contributed by atoms with Crippen LogP contribution >= 0.6 is 34.8 Å². The van der Waals surface area contributed by atoms with Gasteiger partial charge in [0, 0.05) is 21.2 Å². The van der Waals surface area contributed by atoms with Crippen LogP contribution in [0.1, 0.15) is 16.7 Å². The van der Waals surface area contributed by atoms with E-state index in [4.69, 9.17) is 39.5 Å². The van der Waals surface area contributed by atoms with Gasteiger partial charge in [0.2, 0.25) is 0 Å². The summed E-state index contributed by atoms with van der Waals surface area (Å²) in [5.74, 6) is -2.17. The van der Waals surface area contributed by atoms with E-state index in [0.29, 0.717) is 10.6 Å². The summed E-state index contributed by atoms with van der Waals surface area (Å²) in [5.41, 5.74) is 0.911. The first-order chi connectivity index (χ1) is 16.7. The number of anilines is 1. The molecule has 0 spiro atoms. The summed E-state index contributed by atoms with van der Waals surface area (Å²) in [6, 6.07) is 12.7. The minimum absolute atomic E-state index is 0.0785. The Morgan fingerprint density at radius 2 is 1.74 bits per heavy atom. The number of amides is 4. The van der Waals surface area contributed by atoms with Crippen LogP contribution in [0.25, 0.3) is 6.08 Å². The molecule has 0 bridgehead atoms. The van der Waals surface area contributed by atoms with Crippen LogP contribution in [-0.4, -0.2) is 17.8 Å². The summed E-state index contributed by atoms with van der Waals surface area (Å²) in [4.78, 5) is 39.3. The summed E-state index contributed by atoms with van der Waals surface area (Å²) in [5, 5.41) is 2.75. The van der Waals surface area contributed by atoms with Crippen LogP contribution in [0.4, 0.5) is 14.9 Å². The zero-order valence-electron chi connectivity index (χ0n) is 18.1. The fourth-order valence-electron chi connectivity index (χ4n) is 3.46. The number of carbonyl (C=O) groups excluding carboxylic acids is 3. The largest absolute Gasteiger partial charge is 0.487 e. The van der Waals surface area contributed by atoms with E-state index in [-0.39, 0.29) is 44.8 Å². The molecule has 1 aliphatic rings. The van der Waals surface area contributed by atoms with Gasteiger partial charge in [0.05, 0.1) is 10.7 Å². The zero-order valence-corrected chi connectivity index (χ0v) is 20.3. The van der Waals surface area contributed by atoms with Gasteiger partial charge in [-0.25, -0.2) is 14.1 Å². The third-order valence-electron chi connectivity index (χ3n) is 5.18. The standard InChI is InChI=1S/C25H16Cl3FN2O4/c1-13-6-7-16(26)11-21(13)31-24(33)18(23(32)30-25(31)34)9-15-8-17(27)10-19(28)22(15)35-12-14-4-2-3-5-20(14)29/h2-11H,12H2,1H3,(H,30,32,34)/b18-9+. The molecule has 0 aromatic heterocycles. The van der Waals surface area contributed by atoms with E-state index >= 15 is 0 Å². The molecule has 4 amide bonds. The molecule has 3 aromatic carbocycles. The number of halogens is 4. The number of nitrogens with one attached hydrogen (secondary N) is 1. The van der Waals surface area contributed by atoms with Gasteiger partial charge in [-0.3, -0.25) is 14.9 Å². The topological polar surface area (TPSA) is 75.7 Å². The third-order valence-corrected chi connectivity index (χ3v) is 5.91.